The van der Waals surface area contributed by atoms with Gasteiger partial charge in [-0.3, -0.25) is 14.4 Å². The van der Waals surface area contributed by atoms with E-state index in [1.807, 2.05) is 31.2 Å². The van der Waals surface area contributed by atoms with Gasteiger partial charge in [-0.05, 0) is 68.1 Å². The van der Waals surface area contributed by atoms with E-state index in [9.17, 15) is 19.5 Å². The molecule has 0 aliphatic heterocycles. The zero-order chi connectivity index (χ0) is 24.2. The predicted octanol–water partition coefficient (Wildman–Crippen LogP) is 6.21. The highest BCUT2D eigenvalue weighted by molar-refractivity contribution is 6.17. The first-order valence-electron chi connectivity index (χ1n) is 13.2. The Hall–Kier alpha value is -2.23. The lowest BCUT2D eigenvalue weighted by atomic mass is 9.33. The third kappa shape index (κ3) is 2.48. The molecule has 3 fully saturated rings. The lowest BCUT2D eigenvalue weighted by molar-refractivity contribution is -0.189. The normalized spacial score (nSPS) is 44.6. The van der Waals surface area contributed by atoms with Crippen molar-refractivity contribution in [1.29, 1.82) is 0 Å². The summed E-state index contributed by atoms with van der Waals surface area (Å²) in [6.07, 6.45) is 7.65. The second-order valence-corrected chi connectivity index (χ2v) is 12.8. The molecule has 8 atom stereocenters. The van der Waals surface area contributed by atoms with Crippen molar-refractivity contribution in [3.05, 3.63) is 47.0 Å². The van der Waals surface area contributed by atoms with Crippen molar-refractivity contribution in [1.82, 2.24) is 0 Å². The Kier molecular flexibility index (Phi) is 4.53. The summed E-state index contributed by atoms with van der Waals surface area (Å²) in [5.74, 6) is -0.179. The average Bonchev–Trinajstić information content (AvgIpc) is 2.81. The summed E-state index contributed by atoms with van der Waals surface area (Å²) < 4.78 is 0. The van der Waals surface area contributed by atoms with Gasteiger partial charge >= 0.3 is 5.97 Å². The Balaban J connectivity index is 1.55. The lowest BCUT2D eigenvalue weighted by Gasteiger charge is -2.70. The van der Waals surface area contributed by atoms with Gasteiger partial charge in [-0.1, -0.05) is 63.1 Å². The molecule has 1 N–H and O–H groups in total. The number of benzene rings is 1. The number of hydrogen-bond donors (Lipinski definition) is 1. The molecule has 6 aliphatic rings. The summed E-state index contributed by atoms with van der Waals surface area (Å²) in [6, 6.07) is 7.40. The third-order valence-electron chi connectivity index (χ3n) is 11.2. The van der Waals surface area contributed by atoms with Crippen LogP contribution >= 0.6 is 0 Å². The maximum Gasteiger partial charge on any atom is 0.309 e. The van der Waals surface area contributed by atoms with E-state index in [1.165, 1.54) is 5.57 Å². The van der Waals surface area contributed by atoms with Crippen LogP contribution < -0.4 is 0 Å². The molecule has 2 bridgehead atoms. The largest absolute Gasteiger partial charge is 0.481 e. The molecule has 1 spiro atoms. The van der Waals surface area contributed by atoms with Crippen molar-refractivity contribution < 1.29 is 19.5 Å². The minimum absolute atomic E-state index is 0.0790. The molecule has 4 heteroatoms. The predicted molar refractivity (Wildman–Crippen MR) is 129 cm³/mol. The smallest absolute Gasteiger partial charge is 0.309 e. The number of hydrogen-bond acceptors (Lipinski definition) is 3. The van der Waals surface area contributed by atoms with Gasteiger partial charge < -0.3 is 5.11 Å². The molecule has 0 saturated heterocycles. The van der Waals surface area contributed by atoms with Crippen LogP contribution in [0.25, 0.3) is 0 Å². The Morgan fingerprint density at radius 3 is 2.32 bits per heavy atom. The Morgan fingerprint density at radius 1 is 1.00 bits per heavy atom. The molecule has 0 amide bonds. The molecule has 1 aromatic rings. The first-order valence-corrected chi connectivity index (χ1v) is 13.2. The van der Waals surface area contributed by atoms with E-state index in [2.05, 4.69) is 26.8 Å². The highest BCUT2D eigenvalue weighted by Gasteiger charge is 2.71. The van der Waals surface area contributed by atoms with E-state index >= 15 is 0 Å². The molecular weight excluding hydrogens is 424 g/mol. The van der Waals surface area contributed by atoms with Crippen LogP contribution in [-0.4, -0.2) is 22.6 Å². The molecule has 0 unspecified atom stereocenters. The van der Waals surface area contributed by atoms with Crippen LogP contribution in [0.3, 0.4) is 0 Å². The number of allylic oxidation sites excluding steroid dienone is 2. The van der Waals surface area contributed by atoms with Crippen LogP contribution in [0.4, 0.5) is 0 Å². The Morgan fingerprint density at radius 2 is 1.68 bits per heavy atom. The summed E-state index contributed by atoms with van der Waals surface area (Å²) in [5.41, 5.74) is 1.37. The second-order valence-electron chi connectivity index (χ2n) is 12.8. The fourth-order valence-corrected chi connectivity index (χ4v) is 9.86. The van der Waals surface area contributed by atoms with Crippen LogP contribution in [0.2, 0.25) is 0 Å². The van der Waals surface area contributed by atoms with Crippen molar-refractivity contribution in [2.45, 2.75) is 66.2 Å². The van der Waals surface area contributed by atoms with Crippen molar-refractivity contribution in [3.8, 4) is 0 Å². The SMILES string of the molecule is CC(C)C1=C[C@@]23CC[C@H]4[C@](C)(CCC[C@@]4(C)C(=O)O)[C@@H]2C[C@@H]1[C@H]1C(=O)c2ccccc2C(=O)[C@@H]13. The molecule has 34 heavy (non-hydrogen) atoms. The molecule has 0 heterocycles. The number of carbonyl (C=O) groups is 3. The summed E-state index contributed by atoms with van der Waals surface area (Å²) in [5, 5.41) is 10.3. The number of fused-ring (bicyclic) bond motifs is 2. The second kappa shape index (κ2) is 6.92. The van der Waals surface area contributed by atoms with Gasteiger partial charge in [-0.2, -0.15) is 0 Å². The molecular formula is C30H36O4. The topological polar surface area (TPSA) is 71.4 Å². The fourth-order valence-electron chi connectivity index (χ4n) is 9.86. The van der Waals surface area contributed by atoms with Gasteiger partial charge in [-0.25, -0.2) is 0 Å². The maximum absolute atomic E-state index is 14.1. The first-order chi connectivity index (χ1) is 16.1. The van der Waals surface area contributed by atoms with Gasteiger partial charge in [0.2, 0.25) is 0 Å². The summed E-state index contributed by atoms with van der Waals surface area (Å²) >= 11 is 0. The number of carboxylic acids is 1. The molecule has 0 radical (unpaired) electrons. The molecule has 4 nitrogen and oxygen atoms in total. The molecule has 0 aromatic heterocycles. The number of ketones is 2. The zero-order valence-corrected chi connectivity index (χ0v) is 20.8. The quantitative estimate of drug-likeness (QED) is 0.533. The molecule has 1 aromatic carbocycles. The standard InChI is InChI=1S/C30H36O4/c1-16(2)20-15-30-13-10-21-28(3,11-7-12-29(21,4)27(33)34)22(30)14-19(20)23-24(30)26(32)18-9-6-5-8-17(18)25(23)31/h5-6,8-9,15-16,19,21-24H,7,10-14H2,1-4H3,(H,33,34)/t19-,21-,22-,23+,24+,28-,29+,30-/m0/s1. The van der Waals surface area contributed by atoms with Gasteiger partial charge in [0.1, 0.15) is 0 Å². The van der Waals surface area contributed by atoms with Gasteiger partial charge in [0.15, 0.2) is 11.6 Å². The fraction of sp³-hybridized carbons (Fsp3) is 0.633. The van der Waals surface area contributed by atoms with Crippen molar-refractivity contribution in [2.24, 2.45) is 51.8 Å². The Labute approximate surface area is 202 Å². The van der Waals surface area contributed by atoms with Gasteiger partial charge in [0.25, 0.3) is 0 Å². The number of aliphatic carboxylic acids is 1. The number of rotatable bonds is 2. The van der Waals surface area contributed by atoms with Crippen molar-refractivity contribution in [2.75, 3.05) is 0 Å². The van der Waals surface area contributed by atoms with E-state index < -0.39 is 11.4 Å². The van der Waals surface area contributed by atoms with Gasteiger partial charge in [0, 0.05) is 28.4 Å². The minimum Gasteiger partial charge on any atom is -0.481 e. The molecule has 3 saturated carbocycles. The van der Waals surface area contributed by atoms with Crippen LogP contribution in [0.1, 0.15) is 86.9 Å². The first kappa shape index (κ1) is 22.2. The molecule has 7 rings (SSSR count). The summed E-state index contributed by atoms with van der Waals surface area (Å²) in [7, 11) is 0. The number of carbonyl (C=O) groups excluding carboxylic acids is 2. The van der Waals surface area contributed by atoms with Gasteiger partial charge in [0.05, 0.1) is 5.41 Å². The maximum atomic E-state index is 14.1. The van der Waals surface area contributed by atoms with E-state index in [-0.39, 0.29) is 52.0 Å². The van der Waals surface area contributed by atoms with Crippen molar-refractivity contribution >= 4 is 17.5 Å². The average molecular weight is 461 g/mol. The van der Waals surface area contributed by atoms with Crippen LogP contribution in [0, 0.1) is 51.8 Å². The van der Waals surface area contributed by atoms with E-state index in [1.54, 1.807) is 0 Å². The number of carboxylic acid groups (broad SMARTS) is 1. The summed E-state index contributed by atoms with van der Waals surface area (Å²) in [4.78, 5) is 40.5. The molecule has 180 valence electrons. The van der Waals surface area contributed by atoms with Gasteiger partial charge in [-0.15, -0.1) is 0 Å². The highest BCUT2D eigenvalue weighted by Crippen LogP contribution is 2.74. The number of Topliss-reactive ketones (excluding diaryl/α,β-unsaturated/α-hetero) is 2. The van der Waals surface area contributed by atoms with Crippen LogP contribution in [-0.2, 0) is 4.79 Å². The highest BCUT2D eigenvalue weighted by atomic mass is 16.4. The van der Waals surface area contributed by atoms with E-state index in [0.29, 0.717) is 17.0 Å². The minimum atomic E-state index is -0.714. The lowest BCUT2D eigenvalue weighted by Crippen LogP contribution is -2.67. The van der Waals surface area contributed by atoms with E-state index in [4.69, 9.17) is 0 Å². The molecule has 6 aliphatic carbocycles. The van der Waals surface area contributed by atoms with E-state index in [0.717, 1.165) is 38.5 Å². The summed E-state index contributed by atoms with van der Waals surface area (Å²) in [6.45, 7) is 8.71. The van der Waals surface area contributed by atoms with Crippen LogP contribution in [0.5, 0.6) is 0 Å². The Bertz CT molecular complexity index is 1150. The van der Waals surface area contributed by atoms with Crippen LogP contribution in [0.15, 0.2) is 35.9 Å². The third-order valence-corrected chi connectivity index (χ3v) is 11.2. The zero-order valence-electron chi connectivity index (χ0n) is 20.8. The monoisotopic (exact) mass is 460 g/mol. The van der Waals surface area contributed by atoms with Crippen molar-refractivity contribution in [3.63, 3.8) is 0 Å².